The minimum atomic E-state index is 0.983. The molecule has 0 saturated heterocycles. The molecule has 0 radical (unpaired) electrons. The van der Waals surface area contributed by atoms with Crippen LogP contribution in [0.15, 0.2) is 5.51 Å². The summed E-state index contributed by atoms with van der Waals surface area (Å²) < 4.78 is 0. The van der Waals surface area contributed by atoms with Gasteiger partial charge >= 0.3 is 0 Å². The van der Waals surface area contributed by atoms with Gasteiger partial charge in [0, 0.05) is 11.4 Å². The molecule has 1 N–H and O–H groups in total. The van der Waals surface area contributed by atoms with Gasteiger partial charge in [0.15, 0.2) is 0 Å². The molecule has 1 heterocycles. The summed E-state index contributed by atoms with van der Waals surface area (Å²) in [5.41, 5.74) is 3.18. The van der Waals surface area contributed by atoms with Gasteiger partial charge in [-0.05, 0) is 56.9 Å². The van der Waals surface area contributed by atoms with Crippen molar-refractivity contribution >= 4 is 11.3 Å². The van der Waals surface area contributed by atoms with E-state index in [9.17, 15) is 0 Å². The zero-order chi connectivity index (χ0) is 11.7. The number of hydrogen-bond donors (Lipinski definition) is 1. The van der Waals surface area contributed by atoms with E-state index in [4.69, 9.17) is 0 Å². The molecule has 3 atom stereocenters. The van der Waals surface area contributed by atoms with E-state index in [-0.39, 0.29) is 0 Å². The van der Waals surface area contributed by atoms with Crippen LogP contribution < -0.4 is 5.32 Å². The Hall–Kier alpha value is -0.410. The Morgan fingerprint density at radius 1 is 1.41 bits per heavy atom. The summed E-state index contributed by atoms with van der Waals surface area (Å²) in [6.45, 7) is 4.48. The van der Waals surface area contributed by atoms with Gasteiger partial charge in [-0.2, -0.15) is 0 Å². The van der Waals surface area contributed by atoms with Gasteiger partial charge in [0.2, 0.25) is 0 Å². The molecule has 3 heteroatoms. The van der Waals surface area contributed by atoms with Gasteiger partial charge in [-0.3, -0.25) is 0 Å². The summed E-state index contributed by atoms with van der Waals surface area (Å²) in [7, 11) is 0. The lowest BCUT2D eigenvalue weighted by molar-refractivity contribution is 0.320. The van der Waals surface area contributed by atoms with Crippen LogP contribution in [0, 0.1) is 24.7 Å². The van der Waals surface area contributed by atoms with Crippen LogP contribution in [0.2, 0.25) is 0 Å². The van der Waals surface area contributed by atoms with Crippen molar-refractivity contribution in [2.24, 2.45) is 17.8 Å². The fourth-order valence-corrected chi connectivity index (χ4v) is 4.46. The highest BCUT2D eigenvalue weighted by Crippen LogP contribution is 2.47. The number of nitrogens with zero attached hydrogens (tertiary/aromatic N) is 1. The van der Waals surface area contributed by atoms with E-state index in [0.29, 0.717) is 0 Å². The quantitative estimate of drug-likeness (QED) is 0.813. The highest BCUT2D eigenvalue weighted by molar-refractivity contribution is 7.09. The van der Waals surface area contributed by atoms with E-state index in [0.717, 1.165) is 30.7 Å². The smallest absolute Gasteiger partial charge is 0.0797 e. The van der Waals surface area contributed by atoms with Crippen molar-refractivity contribution in [3.05, 3.63) is 16.1 Å². The van der Waals surface area contributed by atoms with Gasteiger partial charge < -0.3 is 5.32 Å². The van der Waals surface area contributed by atoms with Gasteiger partial charge in [0.05, 0.1) is 11.2 Å². The maximum Gasteiger partial charge on any atom is 0.0797 e. The van der Waals surface area contributed by atoms with Gasteiger partial charge in [0.1, 0.15) is 0 Å². The van der Waals surface area contributed by atoms with E-state index in [1.807, 2.05) is 5.51 Å². The van der Waals surface area contributed by atoms with Crippen molar-refractivity contribution in [1.29, 1.82) is 0 Å². The molecule has 0 aromatic carbocycles. The predicted octanol–water partition coefficient (Wildman–Crippen LogP) is 3.02. The molecule has 3 unspecified atom stereocenters. The summed E-state index contributed by atoms with van der Waals surface area (Å²) in [5.74, 6) is 3.12. The molecule has 17 heavy (non-hydrogen) atoms. The highest BCUT2D eigenvalue weighted by Gasteiger charge is 2.38. The molecule has 1 aromatic rings. The summed E-state index contributed by atoms with van der Waals surface area (Å²) in [6.07, 6.45) is 7.20. The molecule has 3 rings (SSSR count). The minimum absolute atomic E-state index is 0.983. The van der Waals surface area contributed by atoms with Crippen molar-refractivity contribution in [3.63, 3.8) is 0 Å². The van der Waals surface area contributed by atoms with Crippen LogP contribution in [0.25, 0.3) is 0 Å². The first-order valence-corrected chi connectivity index (χ1v) is 7.80. The third-order valence-corrected chi connectivity index (χ3v) is 5.66. The lowest BCUT2D eigenvalue weighted by atomic mass is 9.89. The third-order valence-electron chi connectivity index (χ3n) is 4.66. The Morgan fingerprint density at radius 2 is 2.35 bits per heavy atom. The number of hydrogen-bond acceptors (Lipinski definition) is 3. The monoisotopic (exact) mass is 250 g/mol. The molecular weight excluding hydrogens is 228 g/mol. The average Bonchev–Trinajstić information content (AvgIpc) is 3.01. The van der Waals surface area contributed by atoms with Crippen LogP contribution in [0.3, 0.4) is 0 Å². The Morgan fingerprint density at radius 3 is 3.00 bits per heavy atom. The highest BCUT2D eigenvalue weighted by atomic mass is 32.1. The first-order valence-electron chi connectivity index (χ1n) is 6.92. The number of aromatic nitrogens is 1. The molecule has 1 aromatic heterocycles. The molecule has 0 aliphatic heterocycles. The van der Waals surface area contributed by atoms with Crippen molar-refractivity contribution < 1.29 is 0 Å². The van der Waals surface area contributed by atoms with Crippen LogP contribution in [0.1, 0.15) is 36.3 Å². The molecule has 0 amide bonds. The molecular formula is C14H22N2S. The largest absolute Gasteiger partial charge is 0.316 e. The van der Waals surface area contributed by atoms with Gasteiger partial charge in [-0.25, -0.2) is 4.98 Å². The Bertz CT molecular complexity index is 374. The number of aryl methyl sites for hydroxylation is 1. The second-order valence-corrected chi connectivity index (χ2v) is 6.69. The van der Waals surface area contributed by atoms with Crippen molar-refractivity contribution in [2.45, 2.75) is 39.0 Å². The Labute approximate surface area is 108 Å². The number of thiazole rings is 1. The lowest BCUT2D eigenvalue weighted by Crippen LogP contribution is -2.28. The SMILES string of the molecule is Cc1ncsc1CCNCC1CC2CCC1C2. The molecule has 2 bridgehead atoms. The Kier molecular flexibility index (Phi) is 3.48. The van der Waals surface area contributed by atoms with Crippen molar-refractivity contribution in [1.82, 2.24) is 10.3 Å². The summed E-state index contributed by atoms with van der Waals surface area (Å²) in [5, 5.41) is 3.66. The van der Waals surface area contributed by atoms with Crippen molar-refractivity contribution in [3.8, 4) is 0 Å². The summed E-state index contributed by atoms with van der Waals surface area (Å²) in [6, 6.07) is 0. The van der Waals surface area contributed by atoms with Gasteiger partial charge in [0.25, 0.3) is 0 Å². The second kappa shape index (κ2) is 5.07. The topological polar surface area (TPSA) is 24.9 Å². The van der Waals surface area contributed by atoms with E-state index in [1.165, 1.54) is 42.8 Å². The van der Waals surface area contributed by atoms with Gasteiger partial charge in [-0.1, -0.05) is 6.42 Å². The van der Waals surface area contributed by atoms with E-state index in [2.05, 4.69) is 17.2 Å². The van der Waals surface area contributed by atoms with Crippen LogP contribution in [-0.4, -0.2) is 18.1 Å². The molecule has 2 nitrogen and oxygen atoms in total. The normalized spacial score (nSPS) is 31.2. The maximum atomic E-state index is 4.29. The van der Waals surface area contributed by atoms with Crippen LogP contribution in [0.4, 0.5) is 0 Å². The Balaban J connectivity index is 1.37. The van der Waals surface area contributed by atoms with E-state index in [1.54, 1.807) is 11.3 Å². The third kappa shape index (κ3) is 2.55. The molecule has 0 spiro atoms. The standard InChI is InChI=1S/C14H22N2S/c1-10-14(17-9-16-10)4-5-15-8-13-7-11-2-3-12(13)6-11/h9,11-13,15H,2-8H2,1H3. The summed E-state index contributed by atoms with van der Waals surface area (Å²) >= 11 is 1.79. The molecule has 2 aliphatic carbocycles. The van der Waals surface area contributed by atoms with Crippen molar-refractivity contribution in [2.75, 3.05) is 13.1 Å². The predicted molar refractivity (Wildman–Crippen MR) is 72.4 cm³/mol. The number of fused-ring (bicyclic) bond motifs is 2. The van der Waals surface area contributed by atoms with Crippen LogP contribution in [-0.2, 0) is 6.42 Å². The van der Waals surface area contributed by atoms with E-state index < -0.39 is 0 Å². The summed E-state index contributed by atoms with van der Waals surface area (Å²) in [4.78, 5) is 5.74. The van der Waals surface area contributed by atoms with Gasteiger partial charge in [-0.15, -0.1) is 11.3 Å². The average molecular weight is 250 g/mol. The lowest BCUT2D eigenvalue weighted by Gasteiger charge is -2.21. The van der Waals surface area contributed by atoms with E-state index >= 15 is 0 Å². The van der Waals surface area contributed by atoms with Crippen LogP contribution in [0.5, 0.6) is 0 Å². The maximum absolute atomic E-state index is 4.29. The van der Waals surface area contributed by atoms with Crippen LogP contribution >= 0.6 is 11.3 Å². The molecule has 94 valence electrons. The number of nitrogens with one attached hydrogen (secondary N) is 1. The first-order chi connectivity index (χ1) is 8.33. The zero-order valence-electron chi connectivity index (χ0n) is 10.6. The fourth-order valence-electron chi connectivity index (χ4n) is 3.68. The number of rotatable bonds is 5. The molecule has 2 aliphatic rings. The first kappa shape index (κ1) is 11.7. The minimum Gasteiger partial charge on any atom is -0.316 e. The second-order valence-electron chi connectivity index (χ2n) is 5.75. The zero-order valence-corrected chi connectivity index (χ0v) is 11.4. The molecule has 2 fully saturated rings. The fraction of sp³-hybridized carbons (Fsp3) is 0.786. The molecule has 2 saturated carbocycles.